The van der Waals surface area contributed by atoms with Gasteiger partial charge >= 0.3 is 5.97 Å². The molecule has 1 heterocycles. The molecule has 0 saturated heterocycles. The monoisotopic (exact) mass is 334 g/mol. The van der Waals surface area contributed by atoms with Crippen molar-refractivity contribution in [3.05, 3.63) is 66.2 Å². The number of benzene rings is 3. The topological polar surface area (TPSA) is 39.4 Å². The normalized spacial score (nSPS) is 11.1. The van der Waals surface area contributed by atoms with Crippen molar-refractivity contribution in [2.45, 2.75) is 4.90 Å². The number of thiol groups is 1. The number of para-hydroxylation sites is 1. The quantitative estimate of drug-likeness (QED) is 0.398. The maximum atomic E-state index is 12.2. The van der Waals surface area contributed by atoms with E-state index >= 15 is 0 Å². The number of hydrogen-bond donors (Lipinski definition) is 1. The maximum absolute atomic E-state index is 12.2. The molecule has 4 rings (SSSR count). The van der Waals surface area contributed by atoms with E-state index in [9.17, 15) is 4.79 Å². The molecule has 0 amide bonds. The van der Waals surface area contributed by atoms with Crippen molar-refractivity contribution < 1.29 is 13.9 Å². The Hall–Kier alpha value is -2.72. The van der Waals surface area contributed by atoms with Crippen LogP contribution < -0.4 is 0 Å². The van der Waals surface area contributed by atoms with Crippen molar-refractivity contribution in [1.29, 1.82) is 0 Å². The molecule has 0 aliphatic carbocycles. The molecule has 3 nitrogen and oxygen atoms in total. The molecule has 0 bridgehead atoms. The van der Waals surface area contributed by atoms with Crippen LogP contribution in [0.1, 0.15) is 10.4 Å². The first-order chi connectivity index (χ1) is 11.7. The van der Waals surface area contributed by atoms with Gasteiger partial charge in [0.05, 0.1) is 12.7 Å². The number of esters is 1. The summed E-state index contributed by atoms with van der Waals surface area (Å²) in [5.41, 5.74) is 3.84. The Balaban J connectivity index is 2.09. The summed E-state index contributed by atoms with van der Waals surface area (Å²) in [6.45, 7) is 0. The van der Waals surface area contributed by atoms with Crippen LogP contribution in [0.3, 0.4) is 0 Å². The Morgan fingerprint density at radius 3 is 2.58 bits per heavy atom. The summed E-state index contributed by atoms with van der Waals surface area (Å²) >= 11 is 4.34. The number of furan rings is 1. The summed E-state index contributed by atoms with van der Waals surface area (Å²) in [5.74, 6) is -0.384. The molecule has 0 spiro atoms. The second-order valence-corrected chi connectivity index (χ2v) is 6.01. The Labute approximate surface area is 144 Å². The maximum Gasteiger partial charge on any atom is 0.338 e. The van der Waals surface area contributed by atoms with Crippen molar-refractivity contribution in [2.75, 3.05) is 7.11 Å². The largest absolute Gasteiger partial charge is 0.465 e. The number of methoxy groups -OCH3 is 1. The third-order valence-corrected chi connectivity index (χ3v) is 4.38. The van der Waals surface area contributed by atoms with Gasteiger partial charge in [-0.1, -0.05) is 36.4 Å². The van der Waals surface area contributed by atoms with Gasteiger partial charge in [-0.2, -0.15) is 0 Å². The molecular weight excluding hydrogens is 320 g/mol. The van der Waals surface area contributed by atoms with Crippen LogP contribution in [0.2, 0.25) is 0 Å². The van der Waals surface area contributed by atoms with Gasteiger partial charge in [0.2, 0.25) is 0 Å². The van der Waals surface area contributed by atoms with Crippen LogP contribution in [0.5, 0.6) is 0 Å². The molecule has 0 unspecified atom stereocenters. The van der Waals surface area contributed by atoms with Crippen molar-refractivity contribution in [2.24, 2.45) is 0 Å². The summed E-state index contributed by atoms with van der Waals surface area (Å²) in [5, 5.41) is 2.01. The lowest BCUT2D eigenvalue weighted by molar-refractivity contribution is 0.0601. The Kier molecular flexibility index (Phi) is 3.54. The van der Waals surface area contributed by atoms with E-state index in [2.05, 4.69) is 12.6 Å². The Morgan fingerprint density at radius 2 is 1.75 bits per heavy atom. The van der Waals surface area contributed by atoms with Crippen LogP contribution >= 0.6 is 12.6 Å². The van der Waals surface area contributed by atoms with E-state index in [0.717, 1.165) is 33.1 Å². The highest BCUT2D eigenvalue weighted by Gasteiger charge is 2.18. The first kappa shape index (κ1) is 14.8. The zero-order valence-corrected chi connectivity index (χ0v) is 13.8. The number of hydrogen-bond acceptors (Lipinski definition) is 4. The average molecular weight is 334 g/mol. The highest BCUT2D eigenvalue weighted by atomic mass is 32.1. The molecule has 1 aromatic heterocycles. The van der Waals surface area contributed by atoms with E-state index in [0.29, 0.717) is 10.5 Å². The Bertz CT molecular complexity index is 1080. The van der Waals surface area contributed by atoms with Gasteiger partial charge in [-0.15, -0.1) is 12.6 Å². The number of carbonyl (C=O) groups excluding carboxylic acids is 1. The van der Waals surface area contributed by atoms with Crippen LogP contribution in [-0.4, -0.2) is 13.1 Å². The van der Waals surface area contributed by atoms with Crippen molar-refractivity contribution in [3.8, 4) is 11.1 Å². The first-order valence-electron chi connectivity index (χ1n) is 7.51. The molecule has 118 valence electrons. The average Bonchev–Trinajstić information content (AvgIpc) is 2.99. The van der Waals surface area contributed by atoms with Crippen LogP contribution in [0.25, 0.3) is 33.1 Å². The second-order valence-electron chi connectivity index (χ2n) is 5.50. The lowest BCUT2D eigenvalue weighted by Gasteiger charge is -2.10. The van der Waals surface area contributed by atoms with E-state index in [1.165, 1.54) is 7.11 Å². The van der Waals surface area contributed by atoms with Gasteiger partial charge < -0.3 is 9.15 Å². The van der Waals surface area contributed by atoms with Crippen molar-refractivity contribution in [1.82, 2.24) is 0 Å². The SMILES string of the molecule is COC(=O)c1cc(S)ccc1-c1cccc2oc3ccccc3c12. The minimum absolute atomic E-state index is 0.384. The smallest absolute Gasteiger partial charge is 0.338 e. The van der Waals surface area contributed by atoms with E-state index < -0.39 is 0 Å². The minimum Gasteiger partial charge on any atom is -0.465 e. The molecule has 24 heavy (non-hydrogen) atoms. The fourth-order valence-electron chi connectivity index (χ4n) is 3.05. The summed E-state index contributed by atoms with van der Waals surface area (Å²) in [6.07, 6.45) is 0. The lowest BCUT2D eigenvalue weighted by atomic mass is 9.95. The summed E-state index contributed by atoms with van der Waals surface area (Å²) in [4.78, 5) is 12.9. The van der Waals surface area contributed by atoms with Gasteiger partial charge in [-0.25, -0.2) is 4.79 Å². The minimum atomic E-state index is -0.384. The van der Waals surface area contributed by atoms with Crippen LogP contribution in [0.4, 0.5) is 0 Å². The predicted octanol–water partition coefficient (Wildman–Crippen LogP) is 5.33. The Morgan fingerprint density at radius 1 is 0.958 bits per heavy atom. The third kappa shape index (κ3) is 2.27. The second kappa shape index (κ2) is 5.73. The van der Waals surface area contributed by atoms with Crippen molar-refractivity contribution in [3.63, 3.8) is 0 Å². The van der Waals surface area contributed by atoms with Gasteiger partial charge in [0.25, 0.3) is 0 Å². The van der Waals surface area contributed by atoms with E-state index in [1.54, 1.807) is 6.07 Å². The molecule has 3 aromatic carbocycles. The molecule has 0 aliphatic rings. The molecule has 4 aromatic rings. The standard InChI is InChI=1S/C20H14O3S/c1-22-20(21)16-11-12(24)9-10-13(16)14-6-4-8-18-19(14)15-5-2-3-7-17(15)23-18/h2-11,24H,1H3. The van der Waals surface area contributed by atoms with Gasteiger partial charge in [-0.05, 0) is 35.4 Å². The molecule has 0 radical (unpaired) electrons. The van der Waals surface area contributed by atoms with Crippen LogP contribution in [0.15, 0.2) is 70.0 Å². The number of rotatable bonds is 2. The highest BCUT2D eigenvalue weighted by Crippen LogP contribution is 2.38. The van der Waals surface area contributed by atoms with E-state index in [4.69, 9.17) is 9.15 Å². The zero-order valence-electron chi connectivity index (χ0n) is 12.9. The molecule has 0 saturated carbocycles. The summed E-state index contributed by atoms with van der Waals surface area (Å²) in [7, 11) is 1.38. The predicted molar refractivity (Wildman–Crippen MR) is 97.7 cm³/mol. The molecular formula is C20H14O3S. The van der Waals surface area contributed by atoms with Gasteiger partial charge in [0, 0.05) is 15.7 Å². The van der Waals surface area contributed by atoms with Crippen LogP contribution in [-0.2, 0) is 4.74 Å². The van der Waals surface area contributed by atoms with Gasteiger partial charge in [0.15, 0.2) is 0 Å². The lowest BCUT2D eigenvalue weighted by Crippen LogP contribution is -2.03. The van der Waals surface area contributed by atoms with Gasteiger partial charge in [0.1, 0.15) is 11.2 Å². The summed E-state index contributed by atoms with van der Waals surface area (Å²) in [6, 6.07) is 19.2. The number of ether oxygens (including phenoxy) is 1. The zero-order chi connectivity index (χ0) is 16.7. The van der Waals surface area contributed by atoms with Gasteiger partial charge in [-0.3, -0.25) is 0 Å². The van der Waals surface area contributed by atoms with Crippen LogP contribution in [0, 0.1) is 0 Å². The number of carbonyl (C=O) groups is 1. The molecule has 4 heteroatoms. The van der Waals surface area contributed by atoms with E-state index in [-0.39, 0.29) is 5.97 Å². The summed E-state index contributed by atoms with van der Waals surface area (Å²) < 4.78 is 10.9. The van der Waals surface area contributed by atoms with Crippen molar-refractivity contribution >= 4 is 40.5 Å². The molecule has 0 fully saturated rings. The fraction of sp³-hybridized carbons (Fsp3) is 0.0500. The molecule has 0 aliphatic heterocycles. The highest BCUT2D eigenvalue weighted by molar-refractivity contribution is 7.80. The first-order valence-corrected chi connectivity index (χ1v) is 7.95. The van der Waals surface area contributed by atoms with E-state index in [1.807, 2.05) is 54.6 Å². The third-order valence-electron chi connectivity index (χ3n) is 4.10. The number of fused-ring (bicyclic) bond motifs is 3. The fourth-order valence-corrected chi connectivity index (χ4v) is 3.25. The molecule has 0 atom stereocenters. The molecule has 0 N–H and O–H groups in total.